The number of methoxy groups -OCH3 is 1. The molecule has 0 radical (unpaired) electrons. The minimum atomic E-state index is 0.0673. The molecule has 5 heteroatoms. The average molecular weight is 284 g/mol. The molecule has 0 saturated heterocycles. The molecule has 1 aliphatic rings. The van der Waals surface area contributed by atoms with Crippen molar-refractivity contribution in [3.05, 3.63) is 22.2 Å². The molecule has 106 valence electrons. The largest absolute Gasteiger partial charge is 0.380 e. The standard InChI is InChI=1S/C14H22ClN3O/c1-14(2)7-9-10(6-11(14)19-5)16-12(8-18(3)4)17-13(9)15/h11H,6-8H2,1-5H3. The first kappa shape index (κ1) is 14.7. The van der Waals surface area contributed by atoms with Crippen molar-refractivity contribution >= 4 is 11.6 Å². The molecule has 1 aromatic heterocycles. The van der Waals surface area contributed by atoms with Gasteiger partial charge < -0.3 is 9.64 Å². The van der Waals surface area contributed by atoms with E-state index in [2.05, 4.69) is 23.8 Å². The van der Waals surface area contributed by atoms with E-state index in [-0.39, 0.29) is 11.5 Å². The van der Waals surface area contributed by atoms with Crippen molar-refractivity contribution in [3.63, 3.8) is 0 Å². The molecular formula is C14H22ClN3O. The number of fused-ring (bicyclic) bond motifs is 1. The summed E-state index contributed by atoms with van der Waals surface area (Å²) in [5.74, 6) is 0.781. The summed E-state index contributed by atoms with van der Waals surface area (Å²) in [6.07, 6.45) is 1.85. The highest BCUT2D eigenvalue weighted by molar-refractivity contribution is 6.30. The van der Waals surface area contributed by atoms with Crippen LogP contribution in [0.1, 0.15) is 30.9 Å². The summed E-state index contributed by atoms with van der Waals surface area (Å²) in [7, 11) is 5.76. The third kappa shape index (κ3) is 3.07. The van der Waals surface area contributed by atoms with Gasteiger partial charge in [-0.3, -0.25) is 0 Å². The van der Waals surface area contributed by atoms with Crippen LogP contribution in [0.3, 0.4) is 0 Å². The molecule has 19 heavy (non-hydrogen) atoms. The maximum absolute atomic E-state index is 6.34. The average Bonchev–Trinajstić information content (AvgIpc) is 2.28. The Morgan fingerprint density at radius 3 is 2.63 bits per heavy atom. The van der Waals surface area contributed by atoms with Crippen molar-refractivity contribution in [3.8, 4) is 0 Å². The Balaban J connectivity index is 2.37. The van der Waals surface area contributed by atoms with Gasteiger partial charge in [-0.25, -0.2) is 9.97 Å². The topological polar surface area (TPSA) is 38.2 Å². The van der Waals surface area contributed by atoms with Crippen LogP contribution < -0.4 is 0 Å². The SMILES string of the molecule is COC1Cc2nc(CN(C)C)nc(Cl)c2CC1(C)C. The summed E-state index contributed by atoms with van der Waals surface area (Å²) in [6, 6.07) is 0. The van der Waals surface area contributed by atoms with Crippen LogP contribution in [-0.4, -0.2) is 42.2 Å². The number of halogens is 1. The maximum Gasteiger partial charge on any atom is 0.144 e. The van der Waals surface area contributed by atoms with Crippen molar-refractivity contribution < 1.29 is 4.74 Å². The van der Waals surface area contributed by atoms with Crippen LogP contribution in [0, 0.1) is 5.41 Å². The number of nitrogens with zero attached hydrogens (tertiary/aromatic N) is 3. The molecule has 0 saturated carbocycles. The third-order valence-corrected chi connectivity index (χ3v) is 4.03. The predicted octanol–water partition coefficient (Wildman–Crippen LogP) is 2.33. The molecule has 0 N–H and O–H groups in total. The molecule has 0 spiro atoms. The van der Waals surface area contributed by atoms with Crippen molar-refractivity contribution in [2.45, 2.75) is 39.3 Å². The zero-order valence-corrected chi connectivity index (χ0v) is 13.1. The van der Waals surface area contributed by atoms with Gasteiger partial charge in [0.15, 0.2) is 0 Å². The highest BCUT2D eigenvalue weighted by Gasteiger charge is 2.37. The molecule has 0 amide bonds. The van der Waals surface area contributed by atoms with Crippen molar-refractivity contribution in [1.82, 2.24) is 14.9 Å². The molecular weight excluding hydrogens is 262 g/mol. The predicted molar refractivity (Wildman–Crippen MR) is 76.4 cm³/mol. The quantitative estimate of drug-likeness (QED) is 0.798. The lowest BCUT2D eigenvalue weighted by Gasteiger charge is -2.38. The van der Waals surface area contributed by atoms with E-state index >= 15 is 0 Å². The summed E-state index contributed by atoms with van der Waals surface area (Å²) < 4.78 is 5.61. The molecule has 1 atom stereocenters. The normalized spacial score (nSPS) is 21.5. The second-order valence-corrected chi connectivity index (χ2v) is 6.55. The highest BCUT2D eigenvalue weighted by Crippen LogP contribution is 2.38. The number of aromatic nitrogens is 2. The zero-order valence-electron chi connectivity index (χ0n) is 12.3. The first-order chi connectivity index (χ1) is 8.83. The van der Waals surface area contributed by atoms with E-state index < -0.39 is 0 Å². The lowest BCUT2D eigenvalue weighted by atomic mass is 9.74. The summed E-state index contributed by atoms with van der Waals surface area (Å²) in [5.41, 5.74) is 2.20. The van der Waals surface area contributed by atoms with Crippen LogP contribution >= 0.6 is 11.6 Å². The van der Waals surface area contributed by atoms with Gasteiger partial charge in [-0.2, -0.15) is 0 Å². The Bertz CT molecular complexity index is 474. The fourth-order valence-corrected chi connectivity index (χ4v) is 2.94. The first-order valence-electron chi connectivity index (χ1n) is 6.55. The van der Waals surface area contributed by atoms with Gasteiger partial charge in [0.05, 0.1) is 18.3 Å². The van der Waals surface area contributed by atoms with Crippen LogP contribution in [0.5, 0.6) is 0 Å². The number of ether oxygens (including phenoxy) is 1. The third-order valence-electron chi connectivity index (χ3n) is 3.71. The Kier molecular flexibility index (Phi) is 4.14. The Labute approximate surface area is 120 Å². The fourth-order valence-electron chi connectivity index (χ4n) is 2.67. The summed E-state index contributed by atoms with van der Waals surface area (Å²) in [4.78, 5) is 11.1. The maximum atomic E-state index is 6.34. The summed E-state index contributed by atoms with van der Waals surface area (Å²) >= 11 is 6.34. The van der Waals surface area contributed by atoms with Crippen molar-refractivity contribution in [2.24, 2.45) is 5.41 Å². The van der Waals surface area contributed by atoms with Crippen LogP contribution in [-0.2, 0) is 24.1 Å². The van der Waals surface area contributed by atoms with E-state index in [1.807, 2.05) is 19.0 Å². The molecule has 4 nitrogen and oxygen atoms in total. The number of rotatable bonds is 3. The van der Waals surface area contributed by atoms with E-state index in [9.17, 15) is 0 Å². The van der Waals surface area contributed by atoms with Gasteiger partial charge in [0.25, 0.3) is 0 Å². The summed E-state index contributed by atoms with van der Waals surface area (Å²) in [6.45, 7) is 5.11. The van der Waals surface area contributed by atoms with Gasteiger partial charge >= 0.3 is 0 Å². The van der Waals surface area contributed by atoms with E-state index in [1.165, 1.54) is 0 Å². The molecule has 2 rings (SSSR count). The van der Waals surface area contributed by atoms with Gasteiger partial charge in [-0.1, -0.05) is 25.4 Å². The highest BCUT2D eigenvalue weighted by atomic mass is 35.5. The second kappa shape index (κ2) is 5.35. The molecule has 1 aliphatic carbocycles. The minimum Gasteiger partial charge on any atom is -0.380 e. The van der Waals surface area contributed by atoms with Crippen LogP contribution in [0.4, 0.5) is 0 Å². The van der Waals surface area contributed by atoms with E-state index in [1.54, 1.807) is 7.11 Å². The molecule has 0 fully saturated rings. The van der Waals surface area contributed by atoms with E-state index in [0.29, 0.717) is 11.7 Å². The first-order valence-corrected chi connectivity index (χ1v) is 6.93. The molecule has 0 aliphatic heterocycles. The van der Waals surface area contributed by atoms with Crippen molar-refractivity contribution in [1.29, 1.82) is 0 Å². The van der Waals surface area contributed by atoms with Gasteiger partial charge in [-0.15, -0.1) is 0 Å². The van der Waals surface area contributed by atoms with Crippen LogP contribution in [0.25, 0.3) is 0 Å². The molecule has 0 bridgehead atoms. The molecule has 0 aromatic carbocycles. The Morgan fingerprint density at radius 1 is 1.37 bits per heavy atom. The summed E-state index contributed by atoms with van der Waals surface area (Å²) in [5, 5.41) is 0.601. The van der Waals surface area contributed by atoms with Crippen molar-refractivity contribution in [2.75, 3.05) is 21.2 Å². The fraction of sp³-hybridized carbons (Fsp3) is 0.714. The molecule has 1 unspecified atom stereocenters. The zero-order chi connectivity index (χ0) is 14.2. The monoisotopic (exact) mass is 283 g/mol. The van der Waals surface area contributed by atoms with Gasteiger partial charge in [0.2, 0.25) is 0 Å². The van der Waals surface area contributed by atoms with E-state index in [0.717, 1.165) is 29.9 Å². The smallest absolute Gasteiger partial charge is 0.144 e. The molecule has 1 heterocycles. The van der Waals surface area contributed by atoms with Gasteiger partial charge in [0.1, 0.15) is 11.0 Å². The number of hydrogen-bond acceptors (Lipinski definition) is 4. The lowest BCUT2D eigenvalue weighted by Crippen LogP contribution is -2.40. The van der Waals surface area contributed by atoms with Gasteiger partial charge in [0, 0.05) is 19.1 Å². The Morgan fingerprint density at radius 2 is 2.05 bits per heavy atom. The van der Waals surface area contributed by atoms with E-state index in [4.69, 9.17) is 16.3 Å². The Hall–Kier alpha value is -0.710. The molecule has 1 aromatic rings. The number of hydrogen-bond donors (Lipinski definition) is 0. The van der Waals surface area contributed by atoms with Gasteiger partial charge in [-0.05, 0) is 25.9 Å². The minimum absolute atomic E-state index is 0.0673. The second-order valence-electron chi connectivity index (χ2n) is 6.19. The lowest BCUT2D eigenvalue weighted by molar-refractivity contribution is -0.000295. The van der Waals surface area contributed by atoms with Crippen LogP contribution in [0.15, 0.2) is 0 Å². The van der Waals surface area contributed by atoms with Crippen LogP contribution in [0.2, 0.25) is 5.15 Å².